The van der Waals surface area contributed by atoms with E-state index in [1.165, 1.54) is 0 Å². The fraction of sp³-hybridized carbons (Fsp3) is 0.545. The van der Waals surface area contributed by atoms with Gasteiger partial charge in [0.1, 0.15) is 5.82 Å². The Morgan fingerprint density at radius 3 is 2.33 bits per heavy atom. The van der Waals surface area contributed by atoms with Crippen LogP contribution in [-0.4, -0.2) is 43.1 Å². The zero-order valence-corrected chi connectivity index (χ0v) is 11.4. The van der Waals surface area contributed by atoms with Crippen molar-refractivity contribution in [2.24, 2.45) is 0 Å². The molecule has 0 spiro atoms. The molecule has 1 fully saturated rings. The topological polar surface area (TPSA) is 19.4 Å². The smallest absolute Gasteiger partial charge is 0.353 e. The molecule has 2 rings (SSSR count). The van der Waals surface area contributed by atoms with Crippen molar-refractivity contribution in [3.05, 3.63) is 22.3 Å². The molecule has 18 heavy (non-hydrogen) atoms. The lowest BCUT2D eigenvalue weighted by molar-refractivity contribution is -0.137. The molecular formula is C11H13BrF3N3. The third kappa shape index (κ3) is 2.95. The molecule has 0 radical (unpaired) electrons. The molecule has 0 saturated carbocycles. The molecule has 2 heterocycles. The van der Waals surface area contributed by atoms with Gasteiger partial charge in [0.2, 0.25) is 0 Å². The minimum atomic E-state index is -4.35. The molecule has 1 aromatic rings. The van der Waals surface area contributed by atoms with Crippen LogP contribution in [0.1, 0.15) is 5.56 Å². The van der Waals surface area contributed by atoms with Gasteiger partial charge in [-0.15, -0.1) is 0 Å². The normalized spacial score (nSPS) is 18.2. The SMILES string of the molecule is CN1CCN(c2ncc(C(F)(F)F)cc2Br)CC1. The van der Waals surface area contributed by atoms with Gasteiger partial charge in [-0.05, 0) is 29.0 Å². The van der Waals surface area contributed by atoms with E-state index in [-0.39, 0.29) is 0 Å². The number of aromatic nitrogens is 1. The van der Waals surface area contributed by atoms with Crippen LogP contribution in [0, 0.1) is 0 Å². The Balaban J connectivity index is 2.20. The highest BCUT2D eigenvalue weighted by Gasteiger charge is 2.32. The Morgan fingerprint density at radius 1 is 1.22 bits per heavy atom. The summed E-state index contributed by atoms with van der Waals surface area (Å²) in [4.78, 5) is 8.10. The molecule has 1 saturated heterocycles. The van der Waals surface area contributed by atoms with Crippen molar-refractivity contribution in [2.75, 3.05) is 38.1 Å². The lowest BCUT2D eigenvalue weighted by Crippen LogP contribution is -2.45. The summed E-state index contributed by atoms with van der Waals surface area (Å²) >= 11 is 3.17. The molecule has 0 atom stereocenters. The Morgan fingerprint density at radius 2 is 1.83 bits per heavy atom. The number of rotatable bonds is 1. The van der Waals surface area contributed by atoms with E-state index in [0.717, 1.165) is 38.4 Å². The standard InChI is InChI=1S/C11H13BrF3N3/c1-17-2-4-18(5-3-17)10-9(12)6-8(7-16-10)11(13,14)15/h6-7H,2-5H2,1H3. The third-order valence-corrected chi connectivity index (χ3v) is 3.54. The largest absolute Gasteiger partial charge is 0.417 e. The summed E-state index contributed by atoms with van der Waals surface area (Å²) in [5, 5.41) is 0. The summed E-state index contributed by atoms with van der Waals surface area (Å²) in [5.74, 6) is 0.580. The van der Waals surface area contributed by atoms with E-state index in [1.807, 2.05) is 11.9 Å². The number of halogens is 4. The van der Waals surface area contributed by atoms with Gasteiger partial charge in [-0.3, -0.25) is 0 Å². The van der Waals surface area contributed by atoms with Crippen molar-refractivity contribution in [3.63, 3.8) is 0 Å². The van der Waals surface area contributed by atoms with Gasteiger partial charge in [0, 0.05) is 32.4 Å². The predicted molar refractivity (Wildman–Crippen MR) is 66.6 cm³/mol. The molecule has 1 aromatic heterocycles. The zero-order valence-electron chi connectivity index (χ0n) is 9.84. The third-order valence-electron chi connectivity index (χ3n) is 2.95. The molecule has 3 nitrogen and oxygen atoms in total. The van der Waals surface area contributed by atoms with E-state index >= 15 is 0 Å². The highest BCUT2D eigenvalue weighted by molar-refractivity contribution is 9.10. The number of pyridine rings is 1. The van der Waals surface area contributed by atoms with E-state index in [0.29, 0.717) is 10.3 Å². The number of piperazine rings is 1. The Kier molecular flexibility index (Phi) is 3.82. The number of nitrogens with zero attached hydrogens (tertiary/aromatic N) is 3. The summed E-state index contributed by atoms with van der Waals surface area (Å²) in [6.07, 6.45) is -3.46. The highest BCUT2D eigenvalue weighted by atomic mass is 79.9. The van der Waals surface area contributed by atoms with E-state index in [2.05, 4.69) is 25.8 Å². The van der Waals surface area contributed by atoms with Gasteiger partial charge >= 0.3 is 6.18 Å². The fourth-order valence-corrected chi connectivity index (χ4v) is 2.44. The quantitative estimate of drug-likeness (QED) is 0.792. The summed E-state index contributed by atoms with van der Waals surface area (Å²) < 4.78 is 37.9. The van der Waals surface area contributed by atoms with Crippen LogP contribution in [0.3, 0.4) is 0 Å². The van der Waals surface area contributed by atoms with Crippen LogP contribution in [-0.2, 0) is 6.18 Å². The van der Waals surface area contributed by atoms with E-state index in [1.54, 1.807) is 0 Å². The molecular weight excluding hydrogens is 311 g/mol. The second-order valence-electron chi connectivity index (χ2n) is 4.32. The number of alkyl halides is 3. The maximum Gasteiger partial charge on any atom is 0.417 e. The molecule has 0 N–H and O–H groups in total. The highest BCUT2D eigenvalue weighted by Crippen LogP contribution is 2.33. The van der Waals surface area contributed by atoms with Gasteiger partial charge in [-0.1, -0.05) is 0 Å². The maximum atomic E-state index is 12.5. The van der Waals surface area contributed by atoms with E-state index in [9.17, 15) is 13.2 Å². The molecule has 1 aliphatic heterocycles. The van der Waals surface area contributed by atoms with Gasteiger partial charge in [0.15, 0.2) is 0 Å². The summed E-state index contributed by atoms with van der Waals surface area (Å²) in [6.45, 7) is 3.31. The first kappa shape index (κ1) is 13.6. The molecule has 0 aliphatic carbocycles. The number of anilines is 1. The molecule has 100 valence electrons. The van der Waals surface area contributed by atoms with E-state index < -0.39 is 11.7 Å². The Hall–Kier alpha value is -0.820. The van der Waals surface area contributed by atoms with Gasteiger partial charge in [0.25, 0.3) is 0 Å². The van der Waals surface area contributed by atoms with Gasteiger partial charge in [0.05, 0.1) is 10.0 Å². The van der Waals surface area contributed by atoms with Gasteiger partial charge in [-0.2, -0.15) is 13.2 Å². The Bertz CT molecular complexity index is 428. The second-order valence-corrected chi connectivity index (χ2v) is 5.17. The second kappa shape index (κ2) is 5.05. The molecule has 1 aliphatic rings. The van der Waals surface area contributed by atoms with Crippen LogP contribution in [0.2, 0.25) is 0 Å². The monoisotopic (exact) mass is 323 g/mol. The first-order valence-electron chi connectivity index (χ1n) is 5.54. The van der Waals surface area contributed by atoms with Crippen molar-refractivity contribution in [1.82, 2.24) is 9.88 Å². The zero-order chi connectivity index (χ0) is 13.3. The molecule has 0 aromatic carbocycles. The molecule has 0 amide bonds. The van der Waals surface area contributed by atoms with Crippen LogP contribution in [0.4, 0.5) is 19.0 Å². The average molecular weight is 324 g/mol. The molecule has 0 bridgehead atoms. The van der Waals surface area contributed by atoms with Crippen LogP contribution >= 0.6 is 15.9 Å². The van der Waals surface area contributed by atoms with Gasteiger partial charge in [-0.25, -0.2) is 4.98 Å². The van der Waals surface area contributed by atoms with E-state index in [4.69, 9.17) is 0 Å². The minimum Gasteiger partial charge on any atom is -0.353 e. The summed E-state index contributed by atoms with van der Waals surface area (Å²) in [7, 11) is 2.02. The first-order valence-corrected chi connectivity index (χ1v) is 6.33. The van der Waals surface area contributed by atoms with Crippen LogP contribution in [0.25, 0.3) is 0 Å². The number of likely N-dealkylation sites (N-methyl/N-ethyl adjacent to an activating group) is 1. The predicted octanol–water partition coefficient (Wildman–Crippen LogP) is 2.61. The Labute approximate surface area is 112 Å². The van der Waals surface area contributed by atoms with Crippen LogP contribution in [0.15, 0.2) is 16.7 Å². The average Bonchev–Trinajstić information content (AvgIpc) is 2.29. The van der Waals surface area contributed by atoms with Gasteiger partial charge < -0.3 is 9.80 Å². The fourth-order valence-electron chi connectivity index (χ4n) is 1.84. The molecule has 7 heteroatoms. The van der Waals surface area contributed by atoms with Crippen molar-refractivity contribution < 1.29 is 13.2 Å². The molecule has 0 unspecified atom stereocenters. The van der Waals surface area contributed by atoms with Crippen LogP contribution in [0.5, 0.6) is 0 Å². The number of hydrogen-bond acceptors (Lipinski definition) is 3. The summed E-state index contributed by atoms with van der Waals surface area (Å²) in [5.41, 5.74) is -0.729. The number of hydrogen-bond donors (Lipinski definition) is 0. The maximum absolute atomic E-state index is 12.5. The van der Waals surface area contributed by atoms with Crippen molar-refractivity contribution in [1.29, 1.82) is 0 Å². The minimum absolute atomic E-state index is 0.391. The summed E-state index contributed by atoms with van der Waals surface area (Å²) in [6, 6.07) is 1.08. The lowest BCUT2D eigenvalue weighted by Gasteiger charge is -2.33. The van der Waals surface area contributed by atoms with Crippen molar-refractivity contribution in [3.8, 4) is 0 Å². The van der Waals surface area contributed by atoms with Crippen LogP contribution < -0.4 is 4.90 Å². The lowest BCUT2D eigenvalue weighted by atomic mass is 10.2. The first-order chi connectivity index (χ1) is 8.38. The van der Waals surface area contributed by atoms with Crippen molar-refractivity contribution >= 4 is 21.7 Å². The van der Waals surface area contributed by atoms with Crippen molar-refractivity contribution in [2.45, 2.75) is 6.18 Å².